The molecule has 0 N–H and O–H groups in total. The lowest BCUT2D eigenvalue weighted by Gasteiger charge is -2.12. The summed E-state index contributed by atoms with van der Waals surface area (Å²) in [7, 11) is 0. The van der Waals surface area contributed by atoms with E-state index in [1.54, 1.807) is 61.5 Å². The number of ketones is 1. The first kappa shape index (κ1) is 17.0. The maximum absolute atomic E-state index is 13.2. The molecule has 0 aliphatic heterocycles. The van der Waals surface area contributed by atoms with Gasteiger partial charge in [-0.1, -0.05) is 60.7 Å². The van der Waals surface area contributed by atoms with Gasteiger partial charge in [0.05, 0.1) is 0 Å². The van der Waals surface area contributed by atoms with Crippen LogP contribution in [0.15, 0.2) is 60.7 Å². The van der Waals surface area contributed by atoms with Gasteiger partial charge < -0.3 is 4.57 Å². The number of Topliss-reactive ketones (excluding diaryl/α,β-unsaturated/α-hetero) is 1. The Hall–Kier alpha value is -2.89. The lowest BCUT2D eigenvalue weighted by atomic mass is 10.1. The van der Waals surface area contributed by atoms with E-state index in [1.165, 1.54) is 4.57 Å². The van der Waals surface area contributed by atoms with Crippen LogP contribution in [0.5, 0.6) is 0 Å². The van der Waals surface area contributed by atoms with Crippen molar-refractivity contribution in [1.29, 1.82) is 0 Å². The van der Waals surface area contributed by atoms with Gasteiger partial charge in [-0.15, -0.1) is 0 Å². The van der Waals surface area contributed by atoms with E-state index in [-0.39, 0.29) is 12.2 Å². The number of carbonyl (C=O) groups is 1. The number of imidazole rings is 1. The summed E-state index contributed by atoms with van der Waals surface area (Å²) in [6, 6.07) is 17.4. The molecule has 0 amide bonds. The maximum Gasteiger partial charge on any atom is 0.456 e. The largest absolute Gasteiger partial charge is 0.456 e. The summed E-state index contributed by atoms with van der Waals surface area (Å²) in [5, 5.41) is 0. The minimum atomic E-state index is -4.97. The van der Waals surface area contributed by atoms with Crippen molar-refractivity contribution in [2.75, 3.05) is 0 Å². The van der Waals surface area contributed by atoms with Crippen molar-refractivity contribution in [3.63, 3.8) is 0 Å². The van der Waals surface area contributed by atoms with Crippen LogP contribution in [0.2, 0.25) is 0 Å². The molecule has 0 aliphatic rings. The number of benzene rings is 2. The number of rotatable bonds is 4. The molecule has 0 saturated carbocycles. The Kier molecular flexibility index (Phi) is 4.44. The number of hydrogen-bond donors (Lipinski definition) is 0. The molecule has 6 heteroatoms. The van der Waals surface area contributed by atoms with Crippen molar-refractivity contribution in [3.8, 4) is 11.3 Å². The first-order valence-corrected chi connectivity index (χ1v) is 7.66. The van der Waals surface area contributed by atoms with E-state index in [4.69, 9.17) is 0 Å². The van der Waals surface area contributed by atoms with Crippen LogP contribution in [0.4, 0.5) is 13.2 Å². The van der Waals surface area contributed by atoms with Crippen molar-refractivity contribution in [2.24, 2.45) is 0 Å². The summed E-state index contributed by atoms with van der Waals surface area (Å²) in [6.07, 6.45) is -4.97. The molecule has 0 saturated heterocycles. The molecular formula is C19H15F3N2O. The highest BCUT2D eigenvalue weighted by Crippen LogP contribution is 2.30. The Labute approximate surface area is 142 Å². The standard InChI is InChI=1S/C19H15F3N2O/c1-13-23-16(15-10-6-3-7-11-15)17(18(25)19(20,21)22)24(13)12-14-8-4-2-5-9-14/h2-11H,12H2,1H3. The lowest BCUT2D eigenvalue weighted by molar-refractivity contribution is -0.0890. The molecule has 1 heterocycles. The SMILES string of the molecule is Cc1nc(-c2ccccc2)c(C(=O)C(F)(F)F)n1Cc1ccccc1. The fourth-order valence-electron chi connectivity index (χ4n) is 2.69. The van der Waals surface area contributed by atoms with Gasteiger partial charge in [-0.2, -0.15) is 13.2 Å². The Morgan fingerprint density at radius 1 is 1.00 bits per heavy atom. The third-order valence-electron chi connectivity index (χ3n) is 3.86. The minimum absolute atomic E-state index is 0.0522. The van der Waals surface area contributed by atoms with Gasteiger partial charge in [-0.25, -0.2) is 4.98 Å². The molecule has 0 spiro atoms. The van der Waals surface area contributed by atoms with Gasteiger partial charge in [0.15, 0.2) is 0 Å². The van der Waals surface area contributed by atoms with Crippen molar-refractivity contribution >= 4 is 5.78 Å². The van der Waals surface area contributed by atoms with Crippen molar-refractivity contribution in [3.05, 3.63) is 77.7 Å². The van der Waals surface area contributed by atoms with Crippen LogP contribution < -0.4 is 0 Å². The van der Waals surface area contributed by atoms with Crippen LogP contribution in [-0.2, 0) is 6.54 Å². The van der Waals surface area contributed by atoms with Crippen molar-refractivity contribution in [1.82, 2.24) is 9.55 Å². The molecule has 2 aromatic carbocycles. The number of halogens is 3. The van der Waals surface area contributed by atoms with E-state index in [9.17, 15) is 18.0 Å². The predicted octanol–water partition coefficient (Wildman–Crippen LogP) is 4.65. The summed E-state index contributed by atoms with van der Waals surface area (Å²) in [5.41, 5.74) is 0.889. The van der Waals surface area contributed by atoms with E-state index in [0.29, 0.717) is 11.4 Å². The van der Waals surface area contributed by atoms with Crippen LogP contribution in [0, 0.1) is 6.92 Å². The Bertz CT molecular complexity index is 884. The van der Waals surface area contributed by atoms with Crippen molar-refractivity contribution < 1.29 is 18.0 Å². The van der Waals surface area contributed by atoms with Gasteiger partial charge in [0.2, 0.25) is 0 Å². The molecule has 0 aliphatic carbocycles. The summed E-state index contributed by atoms with van der Waals surface area (Å²) >= 11 is 0. The minimum Gasteiger partial charge on any atom is -0.320 e. The van der Waals surface area contributed by atoms with Gasteiger partial charge >= 0.3 is 6.18 Å². The van der Waals surface area contributed by atoms with Gasteiger partial charge in [-0.05, 0) is 12.5 Å². The van der Waals surface area contributed by atoms with E-state index < -0.39 is 17.7 Å². The summed E-state index contributed by atoms with van der Waals surface area (Å²) in [6.45, 7) is 1.74. The highest BCUT2D eigenvalue weighted by atomic mass is 19.4. The molecule has 3 aromatic rings. The first-order chi connectivity index (χ1) is 11.9. The molecule has 128 valence electrons. The second kappa shape index (κ2) is 6.55. The number of nitrogens with zero attached hydrogens (tertiary/aromatic N) is 2. The van der Waals surface area contributed by atoms with Crippen LogP contribution in [-0.4, -0.2) is 21.5 Å². The zero-order valence-electron chi connectivity index (χ0n) is 13.4. The Morgan fingerprint density at radius 2 is 1.56 bits per heavy atom. The third-order valence-corrected chi connectivity index (χ3v) is 3.86. The predicted molar refractivity (Wildman–Crippen MR) is 88.3 cm³/mol. The molecule has 25 heavy (non-hydrogen) atoms. The number of carbonyl (C=O) groups excluding carboxylic acids is 1. The van der Waals surface area contributed by atoms with Gasteiger partial charge in [0, 0.05) is 12.1 Å². The third kappa shape index (κ3) is 3.47. The van der Waals surface area contributed by atoms with E-state index in [1.807, 2.05) is 6.07 Å². The van der Waals surface area contributed by atoms with Crippen LogP contribution in [0.25, 0.3) is 11.3 Å². The lowest BCUT2D eigenvalue weighted by Crippen LogP contribution is -2.26. The van der Waals surface area contributed by atoms with Crippen LogP contribution >= 0.6 is 0 Å². The Morgan fingerprint density at radius 3 is 2.12 bits per heavy atom. The molecule has 0 unspecified atom stereocenters. The summed E-state index contributed by atoms with van der Waals surface area (Å²) < 4.78 is 40.8. The number of aromatic nitrogens is 2. The Balaban J connectivity index is 2.17. The highest BCUT2D eigenvalue weighted by Gasteiger charge is 2.43. The number of hydrogen-bond acceptors (Lipinski definition) is 2. The van der Waals surface area contributed by atoms with Gasteiger partial charge in [0.1, 0.15) is 17.2 Å². The molecule has 0 atom stereocenters. The summed E-state index contributed by atoms with van der Waals surface area (Å²) in [4.78, 5) is 16.4. The number of aryl methyl sites for hydroxylation is 1. The second-order valence-corrected chi connectivity index (χ2v) is 5.62. The van der Waals surface area contributed by atoms with Gasteiger partial charge in [0.25, 0.3) is 5.78 Å². The summed E-state index contributed by atoms with van der Waals surface area (Å²) in [5.74, 6) is -1.53. The quantitative estimate of drug-likeness (QED) is 0.646. The van der Waals surface area contributed by atoms with Gasteiger partial charge in [-0.3, -0.25) is 4.79 Å². The van der Waals surface area contributed by atoms with Crippen LogP contribution in [0.1, 0.15) is 21.9 Å². The number of alkyl halides is 3. The van der Waals surface area contributed by atoms with E-state index >= 15 is 0 Å². The molecule has 1 aromatic heterocycles. The molecule has 3 rings (SSSR count). The smallest absolute Gasteiger partial charge is 0.320 e. The normalized spacial score (nSPS) is 11.5. The average molecular weight is 344 g/mol. The molecule has 0 bridgehead atoms. The molecule has 0 radical (unpaired) electrons. The monoisotopic (exact) mass is 344 g/mol. The highest BCUT2D eigenvalue weighted by molar-refractivity contribution is 6.03. The zero-order chi connectivity index (χ0) is 18.0. The molecule has 3 nitrogen and oxygen atoms in total. The second-order valence-electron chi connectivity index (χ2n) is 5.62. The fraction of sp³-hybridized carbons (Fsp3) is 0.158. The van der Waals surface area contributed by atoms with Crippen LogP contribution in [0.3, 0.4) is 0 Å². The fourth-order valence-corrected chi connectivity index (χ4v) is 2.69. The average Bonchev–Trinajstić information content (AvgIpc) is 2.91. The van der Waals surface area contributed by atoms with E-state index in [2.05, 4.69) is 4.98 Å². The van der Waals surface area contributed by atoms with Crippen molar-refractivity contribution in [2.45, 2.75) is 19.6 Å². The molecular weight excluding hydrogens is 329 g/mol. The zero-order valence-corrected chi connectivity index (χ0v) is 13.4. The molecule has 0 fully saturated rings. The topological polar surface area (TPSA) is 34.9 Å². The van der Waals surface area contributed by atoms with E-state index in [0.717, 1.165) is 5.56 Å². The maximum atomic E-state index is 13.2. The first-order valence-electron chi connectivity index (χ1n) is 7.66.